The summed E-state index contributed by atoms with van der Waals surface area (Å²) in [5.41, 5.74) is 0.555. The molecule has 0 aliphatic heterocycles. The van der Waals surface area contributed by atoms with Gasteiger partial charge < -0.3 is 5.11 Å². The summed E-state index contributed by atoms with van der Waals surface area (Å²) < 4.78 is 25.4. The first-order valence-electron chi connectivity index (χ1n) is 4.59. The molecule has 0 spiro atoms. The van der Waals surface area contributed by atoms with Crippen LogP contribution < -0.4 is 4.72 Å². The highest BCUT2D eigenvalue weighted by molar-refractivity contribution is 7.93. The van der Waals surface area contributed by atoms with Gasteiger partial charge in [-0.05, 0) is 32.4 Å². The predicted molar refractivity (Wildman–Crippen MR) is 63.7 cm³/mol. The van der Waals surface area contributed by atoms with Crippen LogP contribution in [-0.2, 0) is 10.0 Å². The molecule has 1 aromatic heterocycles. The Hall–Kier alpha value is -1.08. The molecule has 0 aliphatic rings. The van der Waals surface area contributed by atoms with Gasteiger partial charge in [-0.3, -0.25) is 4.72 Å². The van der Waals surface area contributed by atoms with E-state index in [-0.39, 0.29) is 4.88 Å². The summed E-state index contributed by atoms with van der Waals surface area (Å²) in [4.78, 5) is 10.9. The van der Waals surface area contributed by atoms with Crippen molar-refractivity contribution in [2.75, 3.05) is 4.72 Å². The predicted octanol–water partition coefficient (Wildman–Crippen LogP) is 1.90. The first-order chi connectivity index (χ1) is 7.24. The zero-order chi connectivity index (χ0) is 12.5. The lowest BCUT2D eigenvalue weighted by molar-refractivity contribution is 0.0701. The molecule has 0 radical (unpaired) electrons. The van der Waals surface area contributed by atoms with E-state index >= 15 is 0 Å². The van der Waals surface area contributed by atoms with E-state index in [0.29, 0.717) is 10.6 Å². The first kappa shape index (κ1) is 13.0. The Bertz CT molecular complexity index is 502. The van der Waals surface area contributed by atoms with Crippen molar-refractivity contribution < 1.29 is 18.3 Å². The van der Waals surface area contributed by atoms with E-state index < -0.39 is 21.2 Å². The molecule has 1 heterocycles. The van der Waals surface area contributed by atoms with Crippen LogP contribution in [0.1, 0.15) is 29.1 Å². The van der Waals surface area contributed by atoms with Gasteiger partial charge in [0.05, 0.1) is 5.25 Å². The maximum atomic E-state index is 11.5. The molecule has 0 atom stereocenters. The highest BCUT2D eigenvalue weighted by atomic mass is 32.2. The summed E-state index contributed by atoms with van der Waals surface area (Å²) in [6, 6.07) is 1.52. The number of aryl methyl sites for hydroxylation is 1. The minimum atomic E-state index is -3.41. The van der Waals surface area contributed by atoms with Gasteiger partial charge in [-0.15, -0.1) is 11.3 Å². The molecule has 0 bridgehead atoms. The highest BCUT2D eigenvalue weighted by Crippen LogP contribution is 2.27. The Kier molecular flexibility index (Phi) is 3.59. The van der Waals surface area contributed by atoms with E-state index in [4.69, 9.17) is 5.11 Å². The molecule has 5 nitrogen and oxygen atoms in total. The van der Waals surface area contributed by atoms with E-state index in [2.05, 4.69) is 4.72 Å². The summed E-state index contributed by atoms with van der Waals surface area (Å²) in [5.74, 6) is -1.04. The van der Waals surface area contributed by atoms with E-state index in [9.17, 15) is 13.2 Å². The number of carboxylic acids is 1. The van der Waals surface area contributed by atoms with Crippen LogP contribution in [0.5, 0.6) is 0 Å². The van der Waals surface area contributed by atoms with Crippen molar-refractivity contribution in [3.8, 4) is 0 Å². The molecule has 0 fully saturated rings. The smallest absolute Gasteiger partial charge is 0.346 e. The fraction of sp³-hybridized carbons (Fsp3) is 0.444. The lowest BCUT2D eigenvalue weighted by atomic mass is 10.3. The third-order valence-corrected chi connectivity index (χ3v) is 4.99. The fourth-order valence-corrected chi connectivity index (χ4v) is 2.86. The summed E-state index contributed by atoms with van der Waals surface area (Å²) in [6.45, 7) is 4.74. The zero-order valence-electron chi connectivity index (χ0n) is 9.14. The number of carbonyl (C=O) groups is 1. The molecule has 7 heteroatoms. The van der Waals surface area contributed by atoms with Crippen LogP contribution >= 0.6 is 11.3 Å². The summed E-state index contributed by atoms with van der Waals surface area (Å²) >= 11 is 0.922. The van der Waals surface area contributed by atoms with Crippen molar-refractivity contribution in [2.45, 2.75) is 26.0 Å². The van der Waals surface area contributed by atoms with Crippen LogP contribution in [0.15, 0.2) is 6.07 Å². The van der Waals surface area contributed by atoms with Crippen molar-refractivity contribution >= 4 is 32.3 Å². The Morgan fingerprint density at radius 3 is 2.44 bits per heavy atom. The van der Waals surface area contributed by atoms with Crippen molar-refractivity contribution in [3.63, 3.8) is 0 Å². The number of hydrogen-bond acceptors (Lipinski definition) is 4. The summed E-state index contributed by atoms with van der Waals surface area (Å²) in [6.07, 6.45) is 0. The fourth-order valence-electron chi connectivity index (χ4n) is 1.00. The second kappa shape index (κ2) is 4.42. The van der Waals surface area contributed by atoms with Gasteiger partial charge in [-0.2, -0.15) is 0 Å². The molecule has 0 aliphatic carbocycles. The molecular weight excluding hydrogens is 250 g/mol. The monoisotopic (exact) mass is 263 g/mol. The standard InChI is InChI=1S/C9H13NO4S2/c1-5(2)16(13,14)10-7-4-6(3)8(15-7)9(11)12/h4-5,10H,1-3H3,(H,11,12). The SMILES string of the molecule is Cc1cc(NS(=O)(=O)C(C)C)sc1C(=O)O. The maximum absolute atomic E-state index is 11.5. The van der Waals surface area contributed by atoms with Gasteiger partial charge in [0, 0.05) is 0 Å². The lowest BCUT2D eigenvalue weighted by Crippen LogP contribution is -2.21. The molecule has 1 aromatic rings. The maximum Gasteiger partial charge on any atom is 0.346 e. The minimum Gasteiger partial charge on any atom is -0.477 e. The van der Waals surface area contributed by atoms with E-state index in [1.807, 2.05) is 0 Å². The molecule has 0 amide bonds. The van der Waals surface area contributed by atoms with Crippen LogP contribution in [0, 0.1) is 6.92 Å². The number of thiophene rings is 1. The summed E-state index contributed by atoms with van der Waals surface area (Å²) in [5, 5.41) is 8.60. The van der Waals surface area contributed by atoms with Gasteiger partial charge in [0.25, 0.3) is 0 Å². The molecule has 0 saturated carbocycles. The zero-order valence-corrected chi connectivity index (χ0v) is 10.8. The number of sulfonamides is 1. The second-order valence-electron chi connectivity index (χ2n) is 3.62. The molecule has 90 valence electrons. The molecule has 1 rings (SSSR count). The van der Waals surface area contributed by atoms with Crippen LogP contribution in [-0.4, -0.2) is 24.7 Å². The lowest BCUT2D eigenvalue weighted by Gasteiger charge is -2.07. The minimum absolute atomic E-state index is 0.154. The average molecular weight is 263 g/mol. The van der Waals surface area contributed by atoms with Crippen LogP contribution in [0.4, 0.5) is 5.00 Å². The number of nitrogens with one attached hydrogen (secondary N) is 1. The Balaban J connectivity index is 3.01. The molecule has 0 unspecified atom stereocenters. The van der Waals surface area contributed by atoms with Crippen LogP contribution in [0.2, 0.25) is 0 Å². The molecule has 2 N–H and O–H groups in total. The van der Waals surface area contributed by atoms with Gasteiger partial charge in [0.1, 0.15) is 9.88 Å². The van der Waals surface area contributed by atoms with Crippen LogP contribution in [0.3, 0.4) is 0 Å². The molecule has 16 heavy (non-hydrogen) atoms. The largest absolute Gasteiger partial charge is 0.477 e. The average Bonchev–Trinajstić information content (AvgIpc) is 2.45. The van der Waals surface area contributed by atoms with E-state index in [1.165, 1.54) is 6.07 Å². The number of aromatic carboxylic acids is 1. The van der Waals surface area contributed by atoms with Crippen molar-refractivity contribution in [3.05, 3.63) is 16.5 Å². The number of rotatable bonds is 4. The van der Waals surface area contributed by atoms with Gasteiger partial charge in [0.2, 0.25) is 10.0 Å². The number of anilines is 1. The molecule has 0 saturated heterocycles. The Morgan fingerprint density at radius 2 is 2.06 bits per heavy atom. The Morgan fingerprint density at radius 1 is 1.50 bits per heavy atom. The quantitative estimate of drug-likeness (QED) is 0.869. The van der Waals surface area contributed by atoms with E-state index in [0.717, 1.165) is 11.3 Å². The van der Waals surface area contributed by atoms with Gasteiger partial charge in [0.15, 0.2) is 0 Å². The normalized spacial score (nSPS) is 11.8. The van der Waals surface area contributed by atoms with Gasteiger partial charge in [-0.1, -0.05) is 0 Å². The van der Waals surface area contributed by atoms with Gasteiger partial charge in [-0.25, -0.2) is 13.2 Å². The van der Waals surface area contributed by atoms with E-state index in [1.54, 1.807) is 20.8 Å². The first-order valence-corrected chi connectivity index (χ1v) is 6.95. The molecular formula is C9H13NO4S2. The molecule has 0 aromatic carbocycles. The second-order valence-corrected chi connectivity index (χ2v) is 6.91. The highest BCUT2D eigenvalue weighted by Gasteiger charge is 2.19. The van der Waals surface area contributed by atoms with Crippen molar-refractivity contribution in [1.82, 2.24) is 0 Å². The Labute approximate surface area is 98.2 Å². The van der Waals surface area contributed by atoms with Crippen molar-refractivity contribution in [1.29, 1.82) is 0 Å². The third-order valence-electron chi connectivity index (χ3n) is 1.98. The number of carboxylic acid groups (broad SMARTS) is 1. The van der Waals surface area contributed by atoms with Gasteiger partial charge >= 0.3 is 5.97 Å². The van der Waals surface area contributed by atoms with Crippen LogP contribution in [0.25, 0.3) is 0 Å². The number of hydrogen-bond donors (Lipinski definition) is 2. The summed E-state index contributed by atoms with van der Waals surface area (Å²) in [7, 11) is -3.41. The van der Waals surface area contributed by atoms with Crippen molar-refractivity contribution in [2.24, 2.45) is 0 Å². The third kappa shape index (κ3) is 2.73. The topological polar surface area (TPSA) is 83.5 Å².